The van der Waals surface area contributed by atoms with E-state index in [9.17, 15) is 23.2 Å². The van der Waals surface area contributed by atoms with E-state index in [-0.39, 0.29) is 48.5 Å². The molecular formula is C21H25FN6O5S. The Labute approximate surface area is 196 Å². The molecule has 2 fully saturated rings. The van der Waals surface area contributed by atoms with Gasteiger partial charge in [-0.25, -0.2) is 22.8 Å². The molecular weight excluding hydrogens is 467 g/mol. The number of alkyl halides is 1. The second-order valence-electron chi connectivity index (χ2n) is 8.40. The van der Waals surface area contributed by atoms with Crippen LogP contribution in [0.4, 0.5) is 10.3 Å². The minimum Gasteiger partial charge on any atom is -0.468 e. The van der Waals surface area contributed by atoms with Gasteiger partial charge in [-0.1, -0.05) is 6.07 Å². The van der Waals surface area contributed by atoms with Crippen LogP contribution in [0.25, 0.3) is 0 Å². The van der Waals surface area contributed by atoms with Crippen molar-refractivity contribution in [1.82, 2.24) is 19.3 Å². The first-order valence-electron chi connectivity index (χ1n) is 10.8. The van der Waals surface area contributed by atoms with Crippen LogP contribution in [0.2, 0.25) is 0 Å². The van der Waals surface area contributed by atoms with E-state index >= 15 is 0 Å². The highest BCUT2D eigenvalue weighted by Crippen LogP contribution is 2.28. The van der Waals surface area contributed by atoms with E-state index < -0.39 is 33.9 Å². The molecule has 2 aliphatic heterocycles. The monoisotopic (exact) mass is 492 g/mol. The number of aliphatic hydroxyl groups is 1. The molecule has 2 N–H and O–H groups in total. The minimum atomic E-state index is -3.90. The number of hydrogen-bond acceptors (Lipinski definition) is 10. The highest BCUT2D eigenvalue weighted by Gasteiger charge is 2.39. The molecule has 2 aromatic rings. The van der Waals surface area contributed by atoms with Gasteiger partial charge in [0.25, 0.3) is 10.0 Å². The van der Waals surface area contributed by atoms with Crippen molar-refractivity contribution in [2.75, 3.05) is 31.6 Å². The molecule has 2 aliphatic rings. The minimum absolute atomic E-state index is 0.0269. The quantitative estimate of drug-likeness (QED) is 0.594. The van der Waals surface area contributed by atoms with Crippen molar-refractivity contribution in [1.29, 1.82) is 5.26 Å². The van der Waals surface area contributed by atoms with Crippen LogP contribution in [-0.2, 0) is 14.8 Å². The lowest BCUT2D eigenvalue weighted by Gasteiger charge is -2.36. The van der Waals surface area contributed by atoms with Crippen LogP contribution in [0.5, 0.6) is 5.88 Å². The molecule has 0 unspecified atom stereocenters. The van der Waals surface area contributed by atoms with Gasteiger partial charge in [-0.15, -0.1) is 0 Å². The predicted molar refractivity (Wildman–Crippen MR) is 117 cm³/mol. The molecule has 4 rings (SSSR count). The maximum Gasteiger partial charge on any atom is 0.260 e. The van der Waals surface area contributed by atoms with E-state index in [0.717, 1.165) is 4.31 Å². The summed E-state index contributed by atoms with van der Waals surface area (Å²) in [6, 6.07) is 5.71. The van der Waals surface area contributed by atoms with Crippen LogP contribution >= 0.6 is 0 Å². The second kappa shape index (κ2) is 9.75. The van der Waals surface area contributed by atoms with Gasteiger partial charge in [-0.05, 0) is 25.5 Å². The maximum atomic E-state index is 15.0. The van der Waals surface area contributed by atoms with Crippen LogP contribution in [0.15, 0.2) is 35.6 Å². The first kappa shape index (κ1) is 24.2. The zero-order valence-corrected chi connectivity index (χ0v) is 19.3. The van der Waals surface area contributed by atoms with Gasteiger partial charge in [0.2, 0.25) is 11.8 Å². The number of nitrogens with one attached hydrogen (secondary N) is 1. The Morgan fingerprint density at radius 3 is 2.91 bits per heavy atom. The first-order valence-corrected chi connectivity index (χ1v) is 12.2. The number of aromatic nitrogens is 3. The van der Waals surface area contributed by atoms with Gasteiger partial charge in [0.15, 0.2) is 11.1 Å². The van der Waals surface area contributed by atoms with Crippen molar-refractivity contribution in [2.24, 2.45) is 0 Å². The highest BCUT2D eigenvalue weighted by molar-refractivity contribution is 7.89. The Morgan fingerprint density at radius 2 is 2.24 bits per heavy atom. The van der Waals surface area contributed by atoms with Gasteiger partial charge in [-0.2, -0.15) is 14.6 Å². The number of sulfonamides is 1. The summed E-state index contributed by atoms with van der Waals surface area (Å²) in [5, 5.41) is 22.7. The van der Waals surface area contributed by atoms with Crippen molar-refractivity contribution >= 4 is 16.0 Å². The molecule has 0 bridgehead atoms. The number of hydrogen-bond donors (Lipinski definition) is 2. The molecule has 0 saturated carbocycles. The van der Waals surface area contributed by atoms with Crippen molar-refractivity contribution < 1.29 is 27.4 Å². The molecule has 34 heavy (non-hydrogen) atoms. The molecule has 2 saturated heterocycles. The summed E-state index contributed by atoms with van der Waals surface area (Å²) in [4.78, 5) is 12.1. The summed E-state index contributed by atoms with van der Waals surface area (Å²) in [5.74, 6) is -0.0274. The number of halogens is 1. The molecule has 182 valence electrons. The van der Waals surface area contributed by atoms with Gasteiger partial charge >= 0.3 is 0 Å². The van der Waals surface area contributed by atoms with E-state index in [1.165, 1.54) is 18.5 Å². The molecule has 0 amide bonds. The molecule has 4 heterocycles. The second-order valence-corrected chi connectivity index (χ2v) is 10.3. The summed E-state index contributed by atoms with van der Waals surface area (Å²) in [6.45, 7) is 1.87. The van der Waals surface area contributed by atoms with E-state index in [1.54, 1.807) is 19.1 Å². The number of nitriles is 1. The SMILES string of the molecule is C[C@@]1(O)CCOC[C@@H]1Oc1nc(N[C@H]2CCN(S(=O)(=O)c3ccccn3)C[C@H]2F)ncc1C#N. The number of anilines is 1. The topological polar surface area (TPSA) is 151 Å². The lowest BCUT2D eigenvalue weighted by molar-refractivity contribution is -0.132. The average Bonchev–Trinajstić information content (AvgIpc) is 2.82. The summed E-state index contributed by atoms with van der Waals surface area (Å²) in [6.07, 6.45) is 0.858. The Morgan fingerprint density at radius 1 is 1.41 bits per heavy atom. The third kappa shape index (κ3) is 5.10. The van der Waals surface area contributed by atoms with Crippen LogP contribution in [0, 0.1) is 11.3 Å². The van der Waals surface area contributed by atoms with Crippen LogP contribution < -0.4 is 10.1 Å². The van der Waals surface area contributed by atoms with Crippen LogP contribution in [0.3, 0.4) is 0 Å². The molecule has 0 aromatic carbocycles. The number of rotatable bonds is 6. The van der Waals surface area contributed by atoms with E-state index in [2.05, 4.69) is 20.3 Å². The van der Waals surface area contributed by atoms with Gasteiger partial charge < -0.3 is 19.9 Å². The first-order chi connectivity index (χ1) is 16.2. The van der Waals surface area contributed by atoms with Crippen molar-refractivity contribution in [3.05, 3.63) is 36.2 Å². The Hall–Kier alpha value is -2.92. The molecule has 0 spiro atoms. The zero-order valence-electron chi connectivity index (χ0n) is 18.5. The molecule has 0 aliphatic carbocycles. The number of ether oxygens (including phenoxy) is 2. The van der Waals surface area contributed by atoms with Crippen LogP contribution in [-0.4, -0.2) is 83.0 Å². The largest absolute Gasteiger partial charge is 0.468 e. The molecule has 11 nitrogen and oxygen atoms in total. The molecule has 0 radical (unpaired) electrons. The van der Waals surface area contributed by atoms with Gasteiger partial charge in [0.05, 0.1) is 18.8 Å². The van der Waals surface area contributed by atoms with Crippen molar-refractivity contribution in [3.63, 3.8) is 0 Å². The summed E-state index contributed by atoms with van der Waals surface area (Å²) in [7, 11) is -3.90. The van der Waals surface area contributed by atoms with Crippen molar-refractivity contribution in [3.8, 4) is 11.9 Å². The van der Waals surface area contributed by atoms with Gasteiger partial charge in [0.1, 0.15) is 23.4 Å². The third-order valence-electron chi connectivity index (χ3n) is 5.90. The smallest absolute Gasteiger partial charge is 0.260 e. The Balaban J connectivity index is 1.45. The lowest BCUT2D eigenvalue weighted by atomic mass is 9.94. The number of nitrogens with zero attached hydrogens (tertiary/aromatic N) is 5. The zero-order chi connectivity index (χ0) is 24.3. The van der Waals surface area contributed by atoms with E-state index in [0.29, 0.717) is 13.0 Å². The standard InChI is InChI=1S/C21H25FN6O5S/c1-21(29)6-9-32-13-17(21)33-19-14(10-23)11-25-20(27-19)26-16-5-8-28(12-15(16)22)34(30,31)18-4-2-3-7-24-18/h2-4,7,11,15-17,29H,5-6,8-9,12-13H2,1H3,(H,25,26,27)/t15-,16+,17+,21-/m1/s1. The maximum absolute atomic E-state index is 15.0. The summed E-state index contributed by atoms with van der Waals surface area (Å²) in [5.41, 5.74) is -1.11. The van der Waals surface area contributed by atoms with Crippen molar-refractivity contribution in [2.45, 2.75) is 48.7 Å². The number of pyridine rings is 1. The fourth-order valence-corrected chi connectivity index (χ4v) is 5.16. The highest BCUT2D eigenvalue weighted by atomic mass is 32.2. The molecule has 13 heteroatoms. The fraction of sp³-hybridized carbons (Fsp3) is 0.524. The normalized spacial score (nSPS) is 28.1. The fourth-order valence-electron chi connectivity index (χ4n) is 3.76. The molecule has 4 atom stereocenters. The van der Waals surface area contributed by atoms with Gasteiger partial charge in [0, 0.05) is 32.3 Å². The Bertz CT molecular complexity index is 1160. The average molecular weight is 493 g/mol. The Kier molecular flexibility index (Phi) is 6.94. The van der Waals surface area contributed by atoms with E-state index in [1.807, 2.05) is 6.07 Å². The van der Waals surface area contributed by atoms with Crippen LogP contribution in [0.1, 0.15) is 25.3 Å². The summed E-state index contributed by atoms with van der Waals surface area (Å²) >= 11 is 0. The predicted octanol–water partition coefficient (Wildman–Crippen LogP) is 0.875. The van der Waals surface area contributed by atoms with E-state index in [4.69, 9.17) is 9.47 Å². The van der Waals surface area contributed by atoms with Gasteiger partial charge in [-0.3, -0.25) is 0 Å². The third-order valence-corrected chi connectivity index (χ3v) is 7.69. The molecule has 2 aromatic heterocycles. The summed E-state index contributed by atoms with van der Waals surface area (Å²) < 4.78 is 52.6. The lowest BCUT2D eigenvalue weighted by Crippen LogP contribution is -2.50. The number of piperidine rings is 1.